The number of aliphatic imine (C=N–C) groups is 1. The normalized spacial score (nSPS) is 10.3. The molecular weight excluding hydrogens is 220 g/mol. The first kappa shape index (κ1) is 11.5. The van der Waals surface area contributed by atoms with Gasteiger partial charge in [-0.3, -0.25) is 0 Å². The van der Waals surface area contributed by atoms with Crippen molar-refractivity contribution in [2.45, 2.75) is 6.55 Å². The van der Waals surface area contributed by atoms with Crippen LogP contribution in [0.15, 0.2) is 65.7 Å². The van der Waals surface area contributed by atoms with Crippen LogP contribution in [-0.4, -0.2) is 12.3 Å². The van der Waals surface area contributed by atoms with Gasteiger partial charge in [0.15, 0.2) is 0 Å². The van der Waals surface area contributed by atoms with Crippen LogP contribution in [0.25, 0.3) is 0 Å². The summed E-state index contributed by atoms with van der Waals surface area (Å²) in [7, 11) is 0. The molecule has 0 unspecified atom stereocenters. The van der Waals surface area contributed by atoms with Gasteiger partial charge in [-0.2, -0.15) is 8.78 Å². The number of hydrogen-bond donors (Lipinski definition) is 0. The molecule has 0 aliphatic rings. The van der Waals surface area contributed by atoms with Gasteiger partial charge in [-0.05, 0) is 0 Å². The zero-order valence-corrected chi connectivity index (χ0v) is 9.05. The van der Waals surface area contributed by atoms with Crippen LogP contribution in [0, 0.1) is 0 Å². The van der Waals surface area contributed by atoms with Crippen LogP contribution in [0.2, 0.25) is 0 Å². The van der Waals surface area contributed by atoms with Gasteiger partial charge in [-0.25, -0.2) is 4.99 Å². The lowest BCUT2D eigenvalue weighted by molar-refractivity contribution is 0.160. The summed E-state index contributed by atoms with van der Waals surface area (Å²) in [5.41, 5.74) is 1.71. The summed E-state index contributed by atoms with van der Waals surface area (Å²) in [5.74, 6) is 0. The van der Waals surface area contributed by atoms with Gasteiger partial charge in [-0.15, -0.1) is 0 Å². The van der Waals surface area contributed by atoms with Gasteiger partial charge in [0.1, 0.15) is 0 Å². The predicted octanol–water partition coefficient (Wildman–Crippen LogP) is 3.75. The smallest absolute Gasteiger partial charge is 0.219 e. The van der Waals surface area contributed by atoms with Crippen molar-refractivity contribution >= 4 is 5.71 Å². The minimum atomic E-state index is -2.70. The van der Waals surface area contributed by atoms with Gasteiger partial charge in [0.25, 0.3) is 0 Å². The van der Waals surface area contributed by atoms with Crippen molar-refractivity contribution in [1.29, 1.82) is 0 Å². The summed E-state index contributed by atoms with van der Waals surface area (Å²) >= 11 is 0. The van der Waals surface area contributed by atoms with Crippen molar-refractivity contribution < 1.29 is 8.78 Å². The minimum absolute atomic E-state index is 0.321. The van der Waals surface area contributed by atoms with Crippen molar-refractivity contribution in [3.05, 3.63) is 71.8 Å². The third-order valence-corrected chi connectivity index (χ3v) is 2.32. The highest BCUT2D eigenvalue weighted by molar-refractivity contribution is 6.12. The molecule has 2 aromatic carbocycles. The molecule has 0 spiro atoms. The van der Waals surface area contributed by atoms with Crippen LogP contribution < -0.4 is 0 Å². The molecule has 0 aromatic heterocycles. The third-order valence-electron chi connectivity index (χ3n) is 2.32. The largest absolute Gasteiger partial charge is 0.332 e. The first-order valence-corrected chi connectivity index (χ1v) is 5.24. The molecule has 0 aliphatic heterocycles. The number of alkyl halides is 2. The monoisotopic (exact) mass is 231 g/mol. The van der Waals surface area contributed by atoms with E-state index in [4.69, 9.17) is 0 Å². The number of nitrogens with zero attached hydrogens (tertiary/aromatic N) is 1. The van der Waals surface area contributed by atoms with Crippen LogP contribution in [0.1, 0.15) is 11.1 Å². The lowest BCUT2D eigenvalue weighted by atomic mass is 10.0. The second kappa shape index (κ2) is 5.34. The van der Waals surface area contributed by atoms with Gasteiger partial charge >= 0.3 is 6.55 Å². The average Bonchev–Trinajstić information content (AvgIpc) is 2.38. The SMILES string of the molecule is FC(F)N=C(c1ccccc1)c1ccccc1. The molecule has 0 radical (unpaired) electrons. The predicted molar refractivity (Wildman–Crippen MR) is 64.5 cm³/mol. The fraction of sp³-hybridized carbons (Fsp3) is 0.0714. The molecule has 0 fully saturated rings. The Morgan fingerprint density at radius 3 is 1.53 bits per heavy atom. The fourth-order valence-electron chi connectivity index (χ4n) is 1.61. The number of hydrogen-bond acceptors (Lipinski definition) is 1. The summed E-state index contributed by atoms with van der Waals surface area (Å²) in [6.45, 7) is -2.70. The van der Waals surface area contributed by atoms with Gasteiger partial charge < -0.3 is 0 Å². The summed E-state index contributed by atoms with van der Waals surface area (Å²) in [6, 6.07) is 18.0. The molecule has 2 aromatic rings. The zero-order valence-electron chi connectivity index (χ0n) is 9.05. The highest BCUT2D eigenvalue weighted by Crippen LogP contribution is 2.12. The molecule has 0 heterocycles. The lowest BCUT2D eigenvalue weighted by Crippen LogP contribution is -2.05. The van der Waals surface area contributed by atoms with Crippen LogP contribution in [0.4, 0.5) is 8.78 Å². The number of halogens is 2. The van der Waals surface area contributed by atoms with Crippen LogP contribution in [0.3, 0.4) is 0 Å². The zero-order chi connectivity index (χ0) is 12.1. The Morgan fingerprint density at radius 2 is 1.18 bits per heavy atom. The van der Waals surface area contributed by atoms with Crippen molar-refractivity contribution in [2.75, 3.05) is 0 Å². The van der Waals surface area contributed by atoms with E-state index in [2.05, 4.69) is 4.99 Å². The lowest BCUT2D eigenvalue weighted by Gasteiger charge is -2.06. The topological polar surface area (TPSA) is 12.4 Å². The van der Waals surface area contributed by atoms with Crippen molar-refractivity contribution in [2.24, 2.45) is 4.99 Å². The first-order chi connectivity index (χ1) is 8.27. The molecule has 1 nitrogen and oxygen atoms in total. The van der Waals surface area contributed by atoms with E-state index in [1.54, 1.807) is 48.5 Å². The summed E-state index contributed by atoms with van der Waals surface area (Å²) in [5, 5.41) is 0. The average molecular weight is 231 g/mol. The molecule has 0 atom stereocenters. The van der Waals surface area contributed by atoms with E-state index in [1.165, 1.54) is 0 Å². The van der Waals surface area contributed by atoms with Crippen molar-refractivity contribution in [3.63, 3.8) is 0 Å². The Kier molecular flexibility index (Phi) is 3.60. The molecule has 0 saturated carbocycles. The molecule has 0 aliphatic carbocycles. The maximum absolute atomic E-state index is 12.5. The van der Waals surface area contributed by atoms with E-state index in [9.17, 15) is 8.78 Å². The van der Waals surface area contributed by atoms with E-state index in [0.717, 1.165) is 0 Å². The molecular formula is C14H11F2N. The molecule has 86 valence electrons. The minimum Gasteiger partial charge on any atom is -0.219 e. The molecule has 2 rings (SSSR count). The van der Waals surface area contributed by atoms with Gasteiger partial charge in [0.05, 0.1) is 5.71 Å². The molecule has 17 heavy (non-hydrogen) atoms. The van der Waals surface area contributed by atoms with E-state index in [-0.39, 0.29) is 0 Å². The first-order valence-electron chi connectivity index (χ1n) is 5.24. The third kappa shape index (κ3) is 2.97. The number of rotatable bonds is 3. The molecule has 0 saturated heterocycles. The quantitative estimate of drug-likeness (QED) is 0.563. The van der Waals surface area contributed by atoms with Gasteiger partial charge in [0, 0.05) is 11.1 Å². The highest BCUT2D eigenvalue weighted by atomic mass is 19.3. The summed E-state index contributed by atoms with van der Waals surface area (Å²) in [6.07, 6.45) is 0. The maximum atomic E-state index is 12.5. The van der Waals surface area contributed by atoms with E-state index < -0.39 is 6.55 Å². The van der Waals surface area contributed by atoms with Crippen molar-refractivity contribution in [1.82, 2.24) is 0 Å². The Hall–Kier alpha value is -2.03. The van der Waals surface area contributed by atoms with Gasteiger partial charge in [0.2, 0.25) is 0 Å². The summed E-state index contributed by atoms with van der Waals surface area (Å²) in [4.78, 5) is 3.40. The van der Waals surface area contributed by atoms with Crippen LogP contribution in [-0.2, 0) is 0 Å². The standard InChI is InChI=1S/C14H11F2N/c15-14(16)17-13(11-7-3-1-4-8-11)12-9-5-2-6-10-12/h1-10,14H. The Bertz CT molecular complexity index is 451. The van der Waals surface area contributed by atoms with Crippen molar-refractivity contribution in [3.8, 4) is 0 Å². The molecule has 0 amide bonds. The summed E-state index contributed by atoms with van der Waals surface area (Å²) < 4.78 is 24.9. The van der Waals surface area contributed by atoms with E-state index in [0.29, 0.717) is 16.8 Å². The maximum Gasteiger partial charge on any atom is 0.332 e. The molecule has 3 heteroatoms. The van der Waals surface area contributed by atoms with E-state index in [1.807, 2.05) is 12.1 Å². The molecule has 0 N–H and O–H groups in total. The Balaban J connectivity index is 2.47. The second-order valence-corrected chi connectivity index (χ2v) is 3.49. The second-order valence-electron chi connectivity index (χ2n) is 3.49. The Labute approximate surface area is 98.4 Å². The van der Waals surface area contributed by atoms with Gasteiger partial charge in [-0.1, -0.05) is 60.7 Å². The highest BCUT2D eigenvalue weighted by Gasteiger charge is 2.09. The van der Waals surface area contributed by atoms with Crippen LogP contribution in [0.5, 0.6) is 0 Å². The van der Waals surface area contributed by atoms with Crippen LogP contribution >= 0.6 is 0 Å². The van der Waals surface area contributed by atoms with E-state index >= 15 is 0 Å². The molecule has 0 bridgehead atoms. The Morgan fingerprint density at radius 1 is 0.765 bits per heavy atom. The fourth-order valence-corrected chi connectivity index (χ4v) is 1.61. The number of benzene rings is 2.